The lowest BCUT2D eigenvalue weighted by atomic mass is 10.1. The van der Waals surface area contributed by atoms with Crippen LogP contribution in [0.15, 0.2) is 35.0 Å². The number of carbonyl (C=O) groups is 2. The van der Waals surface area contributed by atoms with E-state index < -0.39 is 0 Å². The van der Waals surface area contributed by atoms with Crippen LogP contribution in [0.5, 0.6) is 0 Å². The van der Waals surface area contributed by atoms with Gasteiger partial charge in [-0.1, -0.05) is 17.3 Å². The van der Waals surface area contributed by atoms with Gasteiger partial charge in [0.1, 0.15) is 0 Å². The fourth-order valence-corrected chi connectivity index (χ4v) is 4.67. The van der Waals surface area contributed by atoms with Gasteiger partial charge in [0.2, 0.25) is 11.6 Å². The summed E-state index contributed by atoms with van der Waals surface area (Å²) < 4.78 is 6.35. The predicted molar refractivity (Wildman–Crippen MR) is 117 cm³/mol. The van der Waals surface area contributed by atoms with E-state index in [0.717, 1.165) is 18.7 Å². The van der Waals surface area contributed by atoms with E-state index in [0.29, 0.717) is 30.4 Å². The van der Waals surface area contributed by atoms with Gasteiger partial charge in [-0.15, -0.1) is 0 Å². The van der Waals surface area contributed by atoms with Crippen molar-refractivity contribution in [3.05, 3.63) is 41.6 Å². The van der Waals surface area contributed by atoms with Gasteiger partial charge in [-0.25, -0.2) is 0 Å². The van der Waals surface area contributed by atoms with Crippen molar-refractivity contribution >= 4 is 34.4 Å². The van der Waals surface area contributed by atoms with Gasteiger partial charge in [0.25, 0.3) is 5.91 Å². The molecule has 2 atom stereocenters. The molecule has 2 unspecified atom stereocenters. The van der Waals surface area contributed by atoms with E-state index in [9.17, 15) is 9.59 Å². The quantitative estimate of drug-likeness (QED) is 0.574. The number of carbonyl (C=O) groups excluding carboxylic acids is 2. The highest BCUT2D eigenvalue weighted by atomic mass is 16.5. The number of hydrogen-bond acceptors (Lipinski definition) is 7. The molecule has 0 aliphatic carbocycles. The fourth-order valence-electron chi connectivity index (χ4n) is 4.67. The van der Waals surface area contributed by atoms with Crippen LogP contribution < -0.4 is 21.3 Å². The van der Waals surface area contributed by atoms with Crippen LogP contribution in [0.4, 0.5) is 11.5 Å². The number of hydrogen-bond donors (Lipinski definition) is 3. The number of anilines is 2. The van der Waals surface area contributed by atoms with Crippen molar-refractivity contribution in [2.75, 3.05) is 30.3 Å². The molecule has 0 radical (unpaired) electrons. The lowest BCUT2D eigenvalue weighted by molar-refractivity contribution is 0.0937. The summed E-state index contributed by atoms with van der Waals surface area (Å²) in [7, 11) is 0. The third kappa shape index (κ3) is 3.65. The van der Waals surface area contributed by atoms with Crippen molar-refractivity contribution in [1.29, 1.82) is 0 Å². The molecule has 162 valence electrons. The summed E-state index contributed by atoms with van der Waals surface area (Å²) in [5.74, 6) is -0.498. The van der Waals surface area contributed by atoms with E-state index in [4.69, 9.17) is 10.3 Å². The summed E-state index contributed by atoms with van der Waals surface area (Å²) in [4.78, 5) is 26.9. The number of fused-ring (bicyclic) bond motifs is 3. The molecular weight excluding hydrogens is 396 g/mol. The highest BCUT2D eigenvalue weighted by Crippen LogP contribution is 2.27. The Hall–Kier alpha value is -3.33. The number of aromatic nitrogens is 2. The average Bonchev–Trinajstić information content (AvgIpc) is 3.43. The van der Waals surface area contributed by atoms with Gasteiger partial charge in [-0.05, 0) is 37.0 Å². The molecule has 2 aliphatic rings. The lowest BCUT2D eigenvalue weighted by Gasteiger charge is -2.34. The molecule has 2 aliphatic heterocycles. The molecule has 9 heteroatoms. The van der Waals surface area contributed by atoms with Gasteiger partial charge < -0.3 is 25.8 Å². The smallest absolute Gasteiger partial charge is 0.253 e. The number of nitrogens with zero attached hydrogens (tertiary/aromatic N) is 3. The molecule has 2 aromatic heterocycles. The van der Waals surface area contributed by atoms with Crippen molar-refractivity contribution < 1.29 is 14.1 Å². The Morgan fingerprint density at radius 3 is 2.61 bits per heavy atom. The third-order valence-corrected chi connectivity index (χ3v) is 6.25. The molecule has 5 rings (SSSR count). The number of nitrogens with two attached hydrogens (primary N) is 1. The monoisotopic (exact) mass is 422 g/mol. The molecule has 0 spiro atoms. The Balaban J connectivity index is 1.20. The minimum Gasteiger partial charge on any atom is -0.380 e. The van der Waals surface area contributed by atoms with Crippen LogP contribution in [0.2, 0.25) is 0 Å². The lowest BCUT2D eigenvalue weighted by Crippen LogP contribution is -2.51. The van der Waals surface area contributed by atoms with E-state index in [1.54, 1.807) is 0 Å². The van der Waals surface area contributed by atoms with Crippen molar-refractivity contribution in [1.82, 2.24) is 20.4 Å². The number of piperazine rings is 1. The minimum absolute atomic E-state index is 0.0945. The van der Waals surface area contributed by atoms with E-state index in [1.807, 2.05) is 0 Å². The number of rotatable bonds is 5. The zero-order valence-corrected chi connectivity index (χ0v) is 17.4. The molecule has 3 aromatic rings. The van der Waals surface area contributed by atoms with Crippen LogP contribution >= 0.6 is 0 Å². The van der Waals surface area contributed by atoms with Crippen LogP contribution in [0.3, 0.4) is 0 Å². The van der Waals surface area contributed by atoms with Gasteiger partial charge >= 0.3 is 0 Å². The molecule has 2 saturated heterocycles. The van der Waals surface area contributed by atoms with E-state index in [1.165, 1.54) is 36.2 Å². The van der Waals surface area contributed by atoms with Crippen molar-refractivity contribution in [3.63, 3.8) is 0 Å². The van der Waals surface area contributed by atoms with Gasteiger partial charge in [0.15, 0.2) is 5.82 Å². The number of nitrogen functional groups attached to an aromatic ring is 1. The summed E-state index contributed by atoms with van der Waals surface area (Å²) in [6.07, 6.45) is 4.68. The Labute approximate surface area is 179 Å². The summed E-state index contributed by atoms with van der Waals surface area (Å²) in [6.45, 7) is 3.97. The van der Waals surface area contributed by atoms with Gasteiger partial charge in [-0.2, -0.15) is 0 Å². The van der Waals surface area contributed by atoms with Crippen LogP contribution in [-0.4, -0.2) is 53.3 Å². The van der Waals surface area contributed by atoms with E-state index in [2.05, 4.69) is 45.0 Å². The number of nitrogens with one attached hydrogen (secondary N) is 2. The first-order valence-electron chi connectivity index (χ1n) is 10.6. The predicted octanol–water partition coefficient (Wildman–Crippen LogP) is 1.78. The van der Waals surface area contributed by atoms with Crippen LogP contribution in [0.25, 0.3) is 11.1 Å². The maximum absolute atomic E-state index is 12.7. The summed E-state index contributed by atoms with van der Waals surface area (Å²) in [5.41, 5.74) is 8.70. The molecule has 0 saturated carbocycles. The first-order valence-corrected chi connectivity index (χ1v) is 10.6. The van der Waals surface area contributed by atoms with E-state index in [-0.39, 0.29) is 28.9 Å². The van der Waals surface area contributed by atoms with Crippen LogP contribution in [0.1, 0.15) is 40.5 Å². The molecule has 2 fully saturated rings. The first-order chi connectivity index (χ1) is 15.0. The van der Waals surface area contributed by atoms with Crippen molar-refractivity contribution in [2.45, 2.75) is 38.3 Å². The number of benzene rings is 1. The van der Waals surface area contributed by atoms with Crippen LogP contribution in [0, 0.1) is 0 Å². The Bertz CT molecular complexity index is 1120. The number of amides is 1. The first kappa shape index (κ1) is 19.6. The maximum Gasteiger partial charge on any atom is 0.253 e. The van der Waals surface area contributed by atoms with Crippen LogP contribution in [-0.2, 0) is 6.42 Å². The molecule has 4 N–H and O–H groups in total. The standard InChI is InChI=1S/C22H26N6O3/c1-13(29)28-12-18(19-20(23)26-31-22(19)28)21(30)24-9-8-14-2-6-17(7-3-14)27-10-15-4-5-16(11-27)25-15/h2-3,6-7,12,15-16,25H,4-5,8-11H2,1H3,(H2,23,26)(H,24,30). The zero-order chi connectivity index (χ0) is 21.5. The molecule has 2 bridgehead atoms. The Morgan fingerprint density at radius 1 is 1.23 bits per heavy atom. The molecule has 4 heterocycles. The Morgan fingerprint density at radius 2 is 1.94 bits per heavy atom. The second-order valence-corrected chi connectivity index (χ2v) is 8.39. The van der Waals surface area contributed by atoms with Gasteiger partial charge in [-0.3, -0.25) is 14.2 Å². The topological polar surface area (TPSA) is 118 Å². The highest BCUT2D eigenvalue weighted by Gasteiger charge is 2.32. The average molecular weight is 422 g/mol. The zero-order valence-electron chi connectivity index (χ0n) is 17.4. The maximum atomic E-state index is 12.7. The molecule has 1 amide bonds. The summed E-state index contributed by atoms with van der Waals surface area (Å²) in [5, 5.41) is 10.6. The van der Waals surface area contributed by atoms with Crippen molar-refractivity contribution in [3.8, 4) is 0 Å². The SMILES string of the molecule is CC(=O)n1cc(C(=O)NCCc2ccc(N3CC4CCC(C3)N4)cc2)c2c(N)noc21. The fraction of sp³-hybridized carbons (Fsp3) is 0.409. The van der Waals surface area contributed by atoms with Gasteiger partial charge in [0, 0.05) is 50.5 Å². The second kappa shape index (κ2) is 7.73. The molecule has 9 nitrogen and oxygen atoms in total. The molecular formula is C22H26N6O3. The summed E-state index contributed by atoms with van der Waals surface area (Å²) >= 11 is 0. The Kier molecular flexibility index (Phi) is 4.90. The normalized spacial score (nSPS) is 20.4. The van der Waals surface area contributed by atoms with E-state index >= 15 is 0 Å². The van der Waals surface area contributed by atoms with Crippen molar-refractivity contribution in [2.24, 2.45) is 0 Å². The highest BCUT2D eigenvalue weighted by molar-refractivity contribution is 6.11. The summed E-state index contributed by atoms with van der Waals surface area (Å²) in [6, 6.07) is 9.78. The third-order valence-electron chi connectivity index (χ3n) is 6.25. The minimum atomic E-state index is -0.312. The molecule has 31 heavy (non-hydrogen) atoms. The largest absolute Gasteiger partial charge is 0.380 e. The molecule has 1 aromatic carbocycles. The van der Waals surface area contributed by atoms with Gasteiger partial charge in [0.05, 0.1) is 10.9 Å². The second-order valence-electron chi connectivity index (χ2n) is 8.39.